The summed E-state index contributed by atoms with van der Waals surface area (Å²) in [6.45, 7) is 9.09. The van der Waals surface area contributed by atoms with Crippen LogP contribution in [0.1, 0.15) is 98.5 Å². The van der Waals surface area contributed by atoms with E-state index in [-0.39, 0.29) is 67.9 Å². The molecule has 0 heterocycles. The number of nitrogens with two attached hydrogens (primary N) is 4. The minimum atomic E-state index is -1.84. The Morgan fingerprint density at radius 1 is 0.549 bits per heavy atom. The van der Waals surface area contributed by atoms with Gasteiger partial charge in [-0.15, -0.1) is 0 Å². The molecule has 82 heavy (non-hydrogen) atoms. The quantitative estimate of drug-likeness (QED) is 0.0129. The summed E-state index contributed by atoms with van der Waals surface area (Å²) in [6.07, 6.45) is -1.88. The van der Waals surface area contributed by atoms with Crippen molar-refractivity contribution in [1.82, 2.24) is 47.9 Å². The summed E-state index contributed by atoms with van der Waals surface area (Å²) in [5, 5.41) is 51.3. The van der Waals surface area contributed by atoms with E-state index < -0.39 is 163 Å². The number of hydrogen-bond acceptors (Lipinski definition) is 17. The van der Waals surface area contributed by atoms with Gasteiger partial charge in [0.1, 0.15) is 54.4 Å². The van der Waals surface area contributed by atoms with E-state index in [0.717, 1.165) is 0 Å². The first-order valence-electron chi connectivity index (χ1n) is 26.6. The summed E-state index contributed by atoms with van der Waals surface area (Å²) in [4.78, 5) is 164. The molecule has 0 fully saturated rings. The summed E-state index contributed by atoms with van der Waals surface area (Å²) in [5.74, 6) is -14.3. The van der Waals surface area contributed by atoms with Crippen LogP contribution in [0, 0.1) is 17.8 Å². The number of aliphatic hydroxyl groups is 1. The Bertz CT molecular complexity index is 2370. The number of hydrogen-bond donors (Lipinski definition) is 18. The van der Waals surface area contributed by atoms with Crippen molar-refractivity contribution in [1.29, 1.82) is 0 Å². The number of guanidine groups is 1. The van der Waals surface area contributed by atoms with Crippen LogP contribution in [0.5, 0.6) is 0 Å². The van der Waals surface area contributed by atoms with E-state index in [1.165, 1.54) is 0 Å². The number of carbonyl (C=O) groups excluding carboxylic acids is 10. The van der Waals surface area contributed by atoms with E-state index in [2.05, 4.69) is 78.1 Å². The molecule has 31 heteroatoms. The molecular weight excluding hydrogens is 1110 g/mol. The number of benzene rings is 1. The second-order valence-corrected chi connectivity index (χ2v) is 21.1. The third-order valence-corrected chi connectivity index (χ3v) is 13.2. The number of rotatable bonds is 39. The zero-order valence-corrected chi connectivity index (χ0v) is 48.8. The summed E-state index contributed by atoms with van der Waals surface area (Å²) in [7, 11) is 0. The summed E-state index contributed by atoms with van der Waals surface area (Å²) >= 11 is 7.97. The standard InChI is InChI=1S/C51H84N14O15S2/c1-7-27(6)40(49(78)62-33(19-26(4)5)45(74)64-37(24-82)50(79)80)65-48(77)36(22-66)63-47(76)35(21-38(53)67)61-44(73)32(18-25(2)3)59-42(71)30(14-11-17-56-51(54)55)58-46(75)34(20-28-12-9-8-10-13-28)60-43(72)31(15-16-39(68)69)57-41(70)29(52)23-81/h8-10,12-13,25-27,29-37,40,66,81-82H,7,11,14-24,52H2,1-6H3,(H2,53,67)(H,57,70)(H,58,75)(H,59,71)(H,60,72)(H,61,73)(H,62,78)(H,63,76)(H,64,74)(H,65,77)(H,68,69)(H,79,80)(H4,54,55,56)/t27-,29-,30-,31-,32-,33-,34-,35-,36-,37-,40-/m0/s1. The van der Waals surface area contributed by atoms with Crippen LogP contribution in [-0.4, -0.2) is 177 Å². The average molecular weight is 1200 g/mol. The van der Waals surface area contributed by atoms with Crippen LogP contribution >= 0.6 is 25.3 Å². The van der Waals surface area contributed by atoms with E-state index in [1.54, 1.807) is 71.9 Å². The molecule has 0 aliphatic carbocycles. The predicted octanol–water partition coefficient (Wildman–Crippen LogP) is -4.21. The van der Waals surface area contributed by atoms with Crippen molar-refractivity contribution in [3.63, 3.8) is 0 Å². The van der Waals surface area contributed by atoms with Crippen molar-refractivity contribution >= 4 is 102 Å². The lowest BCUT2D eigenvalue weighted by Crippen LogP contribution is -2.62. The summed E-state index contributed by atoms with van der Waals surface area (Å²) < 4.78 is 0. The van der Waals surface area contributed by atoms with Crippen molar-refractivity contribution in [2.45, 2.75) is 160 Å². The first kappa shape index (κ1) is 72.8. The molecule has 10 amide bonds. The number of nitrogens with zero attached hydrogens (tertiary/aromatic N) is 1. The molecule has 1 aromatic rings. The largest absolute Gasteiger partial charge is 0.481 e. The number of carbonyl (C=O) groups is 12. The summed E-state index contributed by atoms with van der Waals surface area (Å²) in [6, 6.07) is -6.49. The van der Waals surface area contributed by atoms with Crippen LogP contribution in [0.4, 0.5) is 0 Å². The van der Waals surface area contributed by atoms with Crippen LogP contribution in [0.15, 0.2) is 35.3 Å². The van der Waals surface area contributed by atoms with Crippen molar-refractivity contribution in [3.8, 4) is 0 Å². The van der Waals surface area contributed by atoms with Gasteiger partial charge >= 0.3 is 11.9 Å². The van der Waals surface area contributed by atoms with Gasteiger partial charge in [0.15, 0.2) is 5.96 Å². The molecular formula is C51H84N14O15S2. The molecule has 29 nitrogen and oxygen atoms in total. The number of carboxylic acids is 2. The van der Waals surface area contributed by atoms with Gasteiger partial charge in [0.05, 0.1) is 19.1 Å². The van der Waals surface area contributed by atoms with Crippen LogP contribution in [-0.2, 0) is 64.0 Å². The van der Waals surface area contributed by atoms with Gasteiger partial charge in [-0.05, 0) is 55.4 Å². The highest BCUT2D eigenvalue weighted by molar-refractivity contribution is 7.80. The lowest BCUT2D eigenvalue weighted by molar-refractivity contribution is -0.142. The molecule has 0 radical (unpaired) electrons. The first-order chi connectivity index (χ1) is 38.5. The topological polar surface area (TPSA) is 490 Å². The SMILES string of the molecule is CC[C@H](C)[C@H](NC(=O)[C@H](CO)NC(=O)[C@H](CC(N)=O)NC(=O)[C@H](CC(C)C)NC(=O)[C@H](CCCN=C(N)N)NC(=O)[C@H](Cc1ccccc1)NC(=O)[C@H](CCC(=O)O)NC(=O)[C@@H](N)CS)C(=O)N[C@@H](CC(C)C)C(=O)N[C@@H](CS)C(=O)O. The Morgan fingerprint density at radius 3 is 1.46 bits per heavy atom. The zero-order chi connectivity index (χ0) is 62.4. The van der Waals surface area contributed by atoms with Crippen molar-refractivity contribution in [3.05, 3.63) is 35.9 Å². The summed E-state index contributed by atoms with van der Waals surface area (Å²) in [5.41, 5.74) is 22.8. The molecule has 1 aromatic carbocycles. The van der Waals surface area contributed by atoms with Gasteiger partial charge in [0, 0.05) is 30.9 Å². The Morgan fingerprint density at radius 2 is 0.988 bits per heavy atom. The van der Waals surface area contributed by atoms with Crippen LogP contribution < -0.4 is 70.8 Å². The molecule has 0 aliphatic rings. The van der Waals surface area contributed by atoms with Gasteiger partial charge < -0.3 is 86.1 Å². The number of primary amides is 1. The first-order valence-corrected chi connectivity index (χ1v) is 27.9. The maximum atomic E-state index is 14.4. The molecule has 0 spiro atoms. The molecule has 0 aliphatic heterocycles. The highest BCUT2D eigenvalue weighted by atomic mass is 32.1. The van der Waals surface area contributed by atoms with Gasteiger partial charge in [-0.1, -0.05) is 78.3 Å². The fourth-order valence-corrected chi connectivity index (χ4v) is 8.19. The predicted molar refractivity (Wildman–Crippen MR) is 307 cm³/mol. The number of nitrogens with one attached hydrogen (secondary N) is 9. The monoisotopic (exact) mass is 1200 g/mol. The zero-order valence-electron chi connectivity index (χ0n) is 47.0. The smallest absolute Gasteiger partial charge is 0.327 e. The number of aliphatic hydroxyl groups excluding tert-OH is 1. The van der Waals surface area contributed by atoms with Gasteiger partial charge in [0.25, 0.3) is 0 Å². The van der Waals surface area contributed by atoms with Gasteiger partial charge in [0.2, 0.25) is 59.1 Å². The molecule has 460 valence electrons. The normalized spacial score (nSPS) is 15.1. The minimum absolute atomic E-state index is 0.0330. The van der Waals surface area contributed by atoms with E-state index >= 15 is 0 Å². The maximum absolute atomic E-state index is 14.4. The van der Waals surface area contributed by atoms with Gasteiger partial charge in [-0.3, -0.25) is 57.7 Å². The highest BCUT2D eigenvalue weighted by Crippen LogP contribution is 2.14. The van der Waals surface area contributed by atoms with Gasteiger partial charge in [-0.25, -0.2) is 4.79 Å². The van der Waals surface area contributed by atoms with Gasteiger partial charge in [-0.2, -0.15) is 25.3 Å². The van der Waals surface area contributed by atoms with Crippen LogP contribution in [0.3, 0.4) is 0 Å². The van der Waals surface area contributed by atoms with E-state index in [1.807, 2.05) is 0 Å². The molecule has 1 rings (SSSR count). The second-order valence-electron chi connectivity index (χ2n) is 20.4. The number of aliphatic carboxylic acids is 2. The van der Waals surface area contributed by atoms with Crippen molar-refractivity contribution in [2.75, 3.05) is 24.7 Å². The number of thiol groups is 2. The third kappa shape index (κ3) is 27.5. The number of carboxylic acid groups (broad SMARTS) is 2. The molecule has 11 atom stereocenters. The molecule has 0 saturated heterocycles. The van der Waals surface area contributed by atoms with E-state index in [9.17, 15) is 72.9 Å². The van der Waals surface area contributed by atoms with E-state index in [4.69, 9.17) is 22.9 Å². The Labute approximate surface area is 487 Å². The second kappa shape index (κ2) is 37.7. The molecule has 20 N–H and O–H groups in total. The van der Waals surface area contributed by atoms with Crippen molar-refractivity contribution in [2.24, 2.45) is 45.7 Å². The fourth-order valence-electron chi connectivity index (χ4n) is 7.78. The number of aliphatic imine (C=N–C) groups is 1. The van der Waals surface area contributed by atoms with Crippen molar-refractivity contribution < 1.29 is 72.9 Å². The molecule has 0 aromatic heterocycles. The van der Waals surface area contributed by atoms with E-state index in [0.29, 0.717) is 12.0 Å². The molecule has 0 unspecified atom stereocenters. The lowest BCUT2D eigenvalue weighted by atomic mass is 9.96. The molecule has 0 saturated carbocycles. The fraction of sp³-hybridized carbons (Fsp3) is 0.627. The molecule has 0 bridgehead atoms. The number of amides is 10. The van der Waals surface area contributed by atoms with Crippen LogP contribution in [0.2, 0.25) is 0 Å². The lowest BCUT2D eigenvalue weighted by Gasteiger charge is -2.29. The highest BCUT2D eigenvalue weighted by Gasteiger charge is 2.37. The van der Waals surface area contributed by atoms with Crippen LogP contribution in [0.25, 0.3) is 0 Å². The Kier molecular flexibility index (Phi) is 33.5. The maximum Gasteiger partial charge on any atom is 0.327 e. The minimum Gasteiger partial charge on any atom is -0.481 e. The Hall–Kier alpha value is -7.25. The third-order valence-electron chi connectivity index (χ3n) is 12.4. The average Bonchev–Trinajstić information content (AvgIpc) is 3.40. The Balaban J connectivity index is 3.60.